The largest absolute Gasteiger partial charge is 0.322 e. The Morgan fingerprint density at radius 1 is 1.05 bits per heavy atom. The number of nitrogens with one attached hydrogen (secondary N) is 1. The van der Waals surface area contributed by atoms with E-state index in [0.717, 1.165) is 24.0 Å². The summed E-state index contributed by atoms with van der Waals surface area (Å²) < 4.78 is 0. The van der Waals surface area contributed by atoms with Crippen molar-refractivity contribution in [2.75, 3.05) is 5.32 Å². The molecule has 0 atom stereocenters. The van der Waals surface area contributed by atoms with Crippen LogP contribution in [0.1, 0.15) is 26.3 Å². The molecule has 0 spiro atoms. The molecule has 19 heavy (non-hydrogen) atoms. The zero-order chi connectivity index (χ0) is 13.7. The average Bonchev–Trinajstić information content (AvgIpc) is 2.48. The van der Waals surface area contributed by atoms with Gasteiger partial charge >= 0.3 is 0 Å². The van der Waals surface area contributed by atoms with Gasteiger partial charge in [0.2, 0.25) is 0 Å². The van der Waals surface area contributed by atoms with Crippen LogP contribution in [0.3, 0.4) is 0 Å². The van der Waals surface area contributed by atoms with Gasteiger partial charge in [0.05, 0.1) is 0 Å². The number of carbonyl (C=O) groups is 2. The van der Waals surface area contributed by atoms with E-state index in [2.05, 4.69) is 12.2 Å². The molecule has 0 aromatic heterocycles. The Kier molecular flexibility index (Phi) is 4.08. The summed E-state index contributed by atoms with van der Waals surface area (Å²) >= 11 is 0. The van der Waals surface area contributed by atoms with Gasteiger partial charge in [-0.1, -0.05) is 24.3 Å². The quantitative estimate of drug-likeness (QED) is 0.850. The molecule has 2 aromatic rings. The van der Waals surface area contributed by atoms with Gasteiger partial charge < -0.3 is 5.32 Å². The predicted octanol–water partition coefficient (Wildman–Crippen LogP) is 3.13. The lowest BCUT2D eigenvalue weighted by Crippen LogP contribution is -2.11. The maximum atomic E-state index is 12.0. The van der Waals surface area contributed by atoms with E-state index in [9.17, 15) is 9.59 Å². The van der Waals surface area contributed by atoms with Crippen LogP contribution in [0.5, 0.6) is 0 Å². The Hall–Kier alpha value is -2.42. The standard InChI is InChI=1S/C16H14NO2/c1-2-12-5-9-15(10-6-12)17-16(19)14-7-3-13(11-18)4-8-14/h3-11H,1-2H2,(H,17,19). The highest BCUT2D eigenvalue weighted by Gasteiger charge is 2.05. The molecule has 0 aliphatic carbocycles. The van der Waals surface area contributed by atoms with Gasteiger partial charge in [-0.25, -0.2) is 0 Å². The van der Waals surface area contributed by atoms with Crippen LogP contribution in [0.4, 0.5) is 5.69 Å². The molecule has 0 fully saturated rings. The first kappa shape index (κ1) is 13.0. The van der Waals surface area contributed by atoms with Crippen LogP contribution in [0, 0.1) is 6.92 Å². The molecule has 0 heterocycles. The van der Waals surface area contributed by atoms with Crippen LogP contribution in [0.25, 0.3) is 0 Å². The zero-order valence-corrected chi connectivity index (χ0v) is 10.4. The van der Waals surface area contributed by atoms with Crippen molar-refractivity contribution in [2.24, 2.45) is 0 Å². The number of aldehydes is 1. The SMILES string of the molecule is [CH2]Cc1ccc(NC(=O)c2ccc(C=O)cc2)cc1. The Balaban J connectivity index is 2.08. The fourth-order valence-electron chi connectivity index (χ4n) is 1.67. The van der Waals surface area contributed by atoms with E-state index in [4.69, 9.17) is 0 Å². The minimum Gasteiger partial charge on any atom is -0.322 e. The van der Waals surface area contributed by atoms with Crippen LogP contribution in [-0.4, -0.2) is 12.2 Å². The van der Waals surface area contributed by atoms with E-state index < -0.39 is 0 Å². The maximum absolute atomic E-state index is 12.0. The molecule has 0 bridgehead atoms. The van der Waals surface area contributed by atoms with Crippen LogP contribution >= 0.6 is 0 Å². The molecule has 1 radical (unpaired) electrons. The molecule has 1 amide bonds. The number of hydrogen-bond acceptors (Lipinski definition) is 2. The first-order valence-electron chi connectivity index (χ1n) is 5.97. The topological polar surface area (TPSA) is 46.2 Å². The summed E-state index contributed by atoms with van der Waals surface area (Å²) in [6, 6.07) is 14.0. The number of rotatable bonds is 4. The van der Waals surface area contributed by atoms with Gasteiger partial charge in [-0.15, -0.1) is 0 Å². The van der Waals surface area contributed by atoms with Crippen molar-refractivity contribution in [1.29, 1.82) is 0 Å². The van der Waals surface area contributed by atoms with Crippen molar-refractivity contribution in [2.45, 2.75) is 6.42 Å². The van der Waals surface area contributed by atoms with E-state index in [1.54, 1.807) is 24.3 Å². The predicted molar refractivity (Wildman–Crippen MR) is 75.3 cm³/mol. The number of benzene rings is 2. The zero-order valence-electron chi connectivity index (χ0n) is 10.4. The lowest BCUT2D eigenvalue weighted by molar-refractivity contribution is 0.102. The van der Waals surface area contributed by atoms with Crippen molar-refractivity contribution in [3.05, 3.63) is 72.1 Å². The molecule has 3 heteroatoms. The van der Waals surface area contributed by atoms with E-state index >= 15 is 0 Å². The lowest BCUT2D eigenvalue weighted by atomic mass is 10.1. The highest BCUT2D eigenvalue weighted by atomic mass is 16.1. The molecule has 0 aliphatic rings. The number of amides is 1. The summed E-state index contributed by atoms with van der Waals surface area (Å²) in [5, 5.41) is 2.80. The van der Waals surface area contributed by atoms with Gasteiger partial charge in [-0.2, -0.15) is 0 Å². The summed E-state index contributed by atoms with van der Waals surface area (Å²) in [7, 11) is 0. The first-order chi connectivity index (χ1) is 9.22. The molecule has 0 saturated carbocycles. The molecule has 0 unspecified atom stereocenters. The maximum Gasteiger partial charge on any atom is 0.255 e. The normalized spacial score (nSPS) is 9.95. The van der Waals surface area contributed by atoms with E-state index in [1.165, 1.54) is 0 Å². The second-order valence-corrected chi connectivity index (χ2v) is 4.14. The van der Waals surface area contributed by atoms with Crippen molar-refractivity contribution in [1.82, 2.24) is 0 Å². The molecule has 95 valence electrons. The summed E-state index contributed by atoms with van der Waals surface area (Å²) in [4.78, 5) is 22.5. The van der Waals surface area contributed by atoms with Gasteiger partial charge in [0.1, 0.15) is 6.29 Å². The summed E-state index contributed by atoms with van der Waals surface area (Å²) in [5.41, 5.74) is 2.93. The van der Waals surface area contributed by atoms with E-state index in [1.807, 2.05) is 24.3 Å². The van der Waals surface area contributed by atoms with Crippen molar-refractivity contribution in [3.63, 3.8) is 0 Å². The Bertz CT molecular complexity index is 571. The fraction of sp³-hybridized carbons (Fsp3) is 0.0625. The molecule has 3 nitrogen and oxygen atoms in total. The monoisotopic (exact) mass is 252 g/mol. The van der Waals surface area contributed by atoms with Crippen molar-refractivity contribution >= 4 is 17.9 Å². The van der Waals surface area contributed by atoms with Gasteiger partial charge in [0, 0.05) is 16.8 Å². The third kappa shape index (κ3) is 3.28. The summed E-state index contributed by atoms with van der Waals surface area (Å²) in [5.74, 6) is -0.195. The highest BCUT2D eigenvalue weighted by Crippen LogP contribution is 2.12. The van der Waals surface area contributed by atoms with E-state index in [-0.39, 0.29) is 5.91 Å². The molecular weight excluding hydrogens is 238 g/mol. The van der Waals surface area contributed by atoms with Crippen LogP contribution in [-0.2, 0) is 6.42 Å². The summed E-state index contributed by atoms with van der Waals surface area (Å²) in [6.07, 6.45) is 1.47. The minimum atomic E-state index is -0.195. The van der Waals surface area contributed by atoms with Gasteiger partial charge in [0.25, 0.3) is 5.91 Å². The third-order valence-electron chi connectivity index (χ3n) is 2.81. The molecule has 0 saturated heterocycles. The lowest BCUT2D eigenvalue weighted by Gasteiger charge is -2.06. The average molecular weight is 252 g/mol. The molecule has 0 aliphatic heterocycles. The van der Waals surface area contributed by atoms with Gasteiger partial charge in [0.15, 0.2) is 0 Å². The number of hydrogen-bond donors (Lipinski definition) is 1. The Morgan fingerprint density at radius 2 is 1.68 bits per heavy atom. The minimum absolute atomic E-state index is 0.195. The van der Waals surface area contributed by atoms with Gasteiger partial charge in [-0.05, 0) is 43.2 Å². The Labute approximate surface area is 112 Å². The second kappa shape index (κ2) is 5.96. The number of carbonyl (C=O) groups excluding carboxylic acids is 2. The smallest absolute Gasteiger partial charge is 0.255 e. The molecule has 2 aromatic carbocycles. The van der Waals surface area contributed by atoms with Crippen molar-refractivity contribution in [3.8, 4) is 0 Å². The molecular formula is C16H14NO2. The fourth-order valence-corrected chi connectivity index (χ4v) is 1.67. The summed E-state index contributed by atoms with van der Waals surface area (Å²) in [6.45, 7) is 3.79. The van der Waals surface area contributed by atoms with Crippen LogP contribution in [0.2, 0.25) is 0 Å². The number of anilines is 1. The van der Waals surface area contributed by atoms with Crippen LogP contribution < -0.4 is 5.32 Å². The molecule has 2 rings (SSSR count). The first-order valence-corrected chi connectivity index (χ1v) is 5.97. The van der Waals surface area contributed by atoms with Crippen molar-refractivity contribution < 1.29 is 9.59 Å². The van der Waals surface area contributed by atoms with E-state index in [0.29, 0.717) is 11.1 Å². The van der Waals surface area contributed by atoms with Crippen LogP contribution in [0.15, 0.2) is 48.5 Å². The van der Waals surface area contributed by atoms with Gasteiger partial charge in [-0.3, -0.25) is 9.59 Å². The third-order valence-corrected chi connectivity index (χ3v) is 2.81. The molecule has 1 N–H and O–H groups in total. The Morgan fingerprint density at radius 3 is 2.21 bits per heavy atom. The highest BCUT2D eigenvalue weighted by molar-refractivity contribution is 6.04. The second-order valence-electron chi connectivity index (χ2n) is 4.14.